The van der Waals surface area contributed by atoms with E-state index in [1.54, 1.807) is 18.5 Å². The van der Waals surface area contributed by atoms with E-state index in [1.165, 1.54) is 17.4 Å². The van der Waals surface area contributed by atoms with Gasteiger partial charge in [0.05, 0.1) is 5.56 Å². The number of nitrogens with one attached hydrogen (secondary N) is 1. The fraction of sp³-hybridized carbons (Fsp3) is 0.571. The summed E-state index contributed by atoms with van der Waals surface area (Å²) < 4.78 is 1.46. The van der Waals surface area contributed by atoms with Gasteiger partial charge in [0.1, 0.15) is 6.07 Å². The van der Waals surface area contributed by atoms with E-state index in [1.807, 2.05) is 6.07 Å². The quantitative estimate of drug-likeness (QED) is 0.828. The SMILES string of the molecule is C[C@H]1[C@H](NC(=O)n2ccc(C#N)c2)C2CCN1CC2. The third-order valence-electron chi connectivity index (χ3n) is 4.52. The average molecular weight is 258 g/mol. The molecular formula is C14H18N4O. The van der Waals surface area contributed by atoms with Gasteiger partial charge in [0, 0.05) is 24.5 Å². The molecule has 1 amide bonds. The molecule has 100 valence electrons. The molecule has 1 aromatic rings. The molecule has 3 saturated heterocycles. The third kappa shape index (κ3) is 2.13. The molecule has 3 fully saturated rings. The summed E-state index contributed by atoms with van der Waals surface area (Å²) in [6.07, 6.45) is 5.55. The number of aromatic nitrogens is 1. The van der Waals surface area contributed by atoms with Crippen LogP contribution in [0.25, 0.3) is 0 Å². The standard InChI is InChI=1S/C14H18N4O/c1-10-13(12-3-6-17(10)7-4-12)16-14(19)18-5-2-11(8-15)9-18/h2,5,9-10,12-13H,3-4,6-7H2,1H3,(H,16,19)/t10-,13-/m0/s1. The van der Waals surface area contributed by atoms with Crippen LogP contribution in [0.4, 0.5) is 4.79 Å². The molecule has 2 atom stereocenters. The number of hydrogen-bond acceptors (Lipinski definition) is 3. The summed E-state index contributed by atoms with van der Waals surface area (Å²) in [6.45, 7) is 4.49. The van der Waals surface area contributed by atoms with Crippen LogP contribution in [0.3, 0.4) is 0 Å². The Bertz CT molecular complexity index is 520. The Labute approximate surface area is 112 Å². The van der Waals surface area contributed by atoms with Crippen LogP contribution in [-0.2, 0) is 0 Å². The number of carbonyl (C=O) groups is 1. The molecule has 0 saturated carbocycles. The number of nitriles is 1. The van der Waals surface area contributed by atoms with Crippen LogP contribution in [0, 0.1) is 17.2 Å². The topological polar surface area (TPSA) is 61.1 Å². The zero-order valence-corrected chi connectivity index (χ0v) is 11.0. The van der Waals surface area contributed by atoms with Gasteiger partial charge in [-0.15, -0.1) is 0 Å². The second-order valence-electron chi connectivity index (χ2n) is 5.51. The number of nitrogens with zero attached hydrogens (tertiary/aromatic N) is 3. The molecule has 4 heterocycles. The zero-order chi connectivity index (χ0) is 13.4. The average Bonchev–Trinajstić information content (AvgIpc) is 2.92. The summed E-state index contributed by atoms with van der Waals surface area (Å²) in [4.78, 5) is 14.6. The highest BCUT2D eigenvalue weighted by molar-refractivity contribution is 5.77. The number of hydrogen-bond donors (Lipinski definition) is 1. The van der Waals surface area contributed by atoms with Crippen molar-refractivity contribution in [2.75, 3.05) is 13.1 Å². The first-order valence-electron chi connectivity index (χ1n) is 6.82. The molecule has 0 spiro atoms. The summed E-state index contributed by atoms with van der Waals surface area (Å²) in [5, 5.41) is 11.9. The summed E-state index contributed by atoms with van der Waals surface area (Å²) >= 11 is 0. The number of fused-ring (bicyclic) bond motifs is 3. The van der Waals surface area contributed by atoms with Crippen LogP contribution in [0.15, 0.2) is 18.5 Å². The number of amides is 1. The predicted molar refractivity (Wildman–Crippen MR) is 70.6 cm³/mol. The van der Waals surface area contributed by atoms with E-state index >= 15 is 0 Å². The molecule has 4 rings (SSSR count). The lowest BCUT2D eigenvalue weighted by molar-refractivity contribution is 0.0267. The lowest BCUT2D eigenvalue weighted by Crippen LogP contribution is -2.62. The minimum atomic E-state index is -0.132. The van der Waals surface area contributed by atoms with Gasteiger partial charge in [-0.3, -0.25) is 9.47 Å². The molecule has 3 aliphatic heterocycles. The van der Waals surface area contributed by atoms with Crippen LogP contribution in [0.2, 0.25) is 0 Å². The molecule has 0 radical (unpaired) electrons. The van der Waals surface area contributed by atoms with Crippen LogP contribution in [0.5, 0.6) is 0 Å². The fourth-order valence-electron chi connectivity index (χ4n) is 3.35. The van der Waals surface area contributed by atoms with E-state index in [2.05, 4.69) is 17.1 Å². The lowest BCUT2D eigenvalue weighted by Gasteiger charge is -2.49. The lowest BCUT2D eigenvalue weighted by atomic mass is 9.79. The predicted octanol–water partition coefficient (Wildman–Crippen LogP) is 1.40. The maximum atomic E-state index is 12.2. The second kappa shape index (κ2) is 4.71. The number of rotatable bonds is 1. The normalized spacial score (nSPS) is 32.8. The van der Waals surface area contributed by atoms with Gasteiger partial charge in [0.2, 0.25) is 0 Å². The van der Waals surface area contributed by atoms with Crippen LogP contribution in [0.1, 0.15) is 25.3 Å². The Morgan fingerprint density at radius 1 is 1.47 bits per heavy atom. The molecule has 19 heavy (non-hydrogen) atoms. The van der Waals surface area contributed by atoms with Gasteiger partial charge in [0.15, 0.2) is 0 Å². The van der Waals surface area contributed by atoms with Gasteiger partial charge in [-0.05, 0) is 44.8 Å². The van der Waals surface area contributed by atoms with Crippen LogP contribution < -0.4 is 5.32 Å². The molecule has 0 aliphatic carbocycles. The molecule has 5 nitrogen and oxygen atoms in total. The Hall–Kier alpha value is -1.80. The molecule has 0 aromatic carbocycles. The van der Waals surface area contributed by atoms with Gasteiger partial charge in [-0.1, -0.05) is 0 Å². The van der Waals surface area contributed by atoms with Crippen molar-refractivity contribution in [1.82, 2.24) is 14.8 Å². The van der Waals surface area contributed by atoms with Gasteiger partial charge in [0.25, 0.3) is 0 Å². The van der Waals surface area contributed by atoms with Crippen LogP contribution >= 0.6 is 0 Å². The van der Waals surface area contributed by atoms with Gasteiger partial charge in [-0.25, -0.2) is 4.79 Å². The van der Waals surface area contributed by atoms with Gasteiger partial charge < -0.3 is 5.32 Å². The minimum Gasteiger partial charge on any atom is -0.333 e. The Morgan fingerprint density at radius 2 is 2.21 bits per heavy atom. The largest absolute Gasteiger partial charge is 0.333 e. The van der Waals surface area contributed by atoms with Crippen molar-refractivity contribution in [1.29, 1.82) is 5.26 Å². The summed E-state index contributed by atoms with van der Waals surface area (Å²) in [7, 11) is 0. The highest BCUT2D eigenvalue weighted by atomic mass is 16.2. The number of carbonyl (C=O) groups excluding carboxylic acids is 1. The monoisotopic (exact) mass is 258 g/mol. The first-order chi connectivity index (χ1) is 9.19. The fourth-order valence-corrected chi connectivity index (χ4v) is 3.35. The maximum absolute atomic E-state index is 12.2. The number of piperidine rings is 3. The maximum Gasteiger partial charge on any atom is 0.325 e. The Balaban J connectivity index is 1.71. The summed E-state index contributed by atoms with van der Waals surface area (Å²) in [5.74, 6) is 0.593. The summed E-state index contributed by atoms with van der Waals surface area (Å²) in [5.41, 5.74) is 0.511. The second-order valence-corrected chi connectivity index (χ2v) is 5.51. The van der Waals surface area contributed by atoms with Crippen molar-refractivity contribution in [3.05, 3.63) is 24.0 Å². The molecule has 1 aromatic heterocycles. The van der Waals surface area contributed by atoms with Crippen molar-refractivity contribution in [3.8, 4) is 6.07 Å². The third-order valence-corrected chi connectivity index (χ3v) is 4.52. The molecule has 5 heteroatoms. The molecule has 3 aliphatic rings. The van der Waals surface area contributed by atoms with Crippen molar-refractivity contribution in [3.63, 3.8) is 0 Å². The van der Waals surface area contributed by atoms with E-state index in [0.717, 1.165) is 13.1 Å². The van der Waals surface area contributed by atoms with Gasteiger partial charge >= 0.3 is 6.03 Å². The summed E-state index contributed by atoms with van der Waals surface area (Å²) in [6, 6.07) is 4.18. The first kappa shape index (κ1) is 12.2. The zero-order valence-electron chi connectivity index (χ0n) is 11.0. The molecular weight excluding hydrogens is 240 g/mol. The Kier molecular flexibility index (Phi) is 3.03. The van der Waals surface area contributed by atoms with E-state index < -0.39 is 0 Å². The van der Waals surface area contributed by atoms with Crippen molar-refractivity contribution in [2.45, 2.75) is 31.8 Å². The molecule has 1 N–H and O–H groups in total. The smallest absolute Gasteiger partial charge is 0.325 e. The Morgan fingerprint density at radius 3 is 2.79 bits per heavy atom. The minimum absolute atomic E-state index is 0.132. The van der Waals surface area contributed by atoms with E-state index in [9.17, 15) is 4.79 Å². The molecule has 0 unspecified atom stereocenters. The first-order valence-corrected chi connectivity index (χ1v) is 6.82. The van der Waals surface area contributed by atoms with Crippen molar-refractivity contribution >= 4 is 6.03 Å². The van der Waals surface area contributed by atoms with Crippen molar-refractivity contribution < 1.29 is 4.79 Å². The molecule has 2 bridgehead atoms. The highest BCUT2D eigenvalue weighted by Crippen LogP contribution is 2.32. The highest BCUT2D eigenvalue weighted by Gasteiger charge is 2.40. The van der Waals surface area contributed by atoms with E-state index in [-0.39, 0.29) is 12.1 Å². The van der Waals surface area contributed by atoms with Crippen LogP contribution in [-0.4, -0.2) is 40.7 Å². The van der Waals surface area contributed by atoms with Gasteiger partial charge in [-0.2, -0.15) is 5.26 Å². The van der Waals surface area contributed by atoms with E-state index in [0.29, 0.717) is 17.5 Å². The van der Waals surface area contributed by atoms with Crippen molar-refractivity contribution in [2.24, 2.45) is 5.92 Å². The van der Waals surface area contributed by atoms with E-state index in [4.69, 9.17) is 5.26 Å².